The van der Waals surface area contributed by atoms with Crippen molar-refractivity contribution < 1.29 is 14.6 Å². The van der Waals surface area contributed by atoms with Crippen LogP contribution in [-0.2, 0) is 4.74 Å². The molecule has 98 valence electrons. The molecule has 1 aliphatic heterocycles. The minimum absolute atomic E-state index is 0.138. The molecule has 0 aliphatic carbocycles. The lowest BCUT2D eigenvalue weighted by Gasteiger charge is -2.29. The molecule has 2 rings (SSSR count). The third-order valence-corrected chi connectivity index (χ3v) is 3.56. The molecule has 1 fully saturated rings. The molecule has 1 unspecified atom stereocenters. The molecule has 1 atom stereocenters. The molecular weight excluding hydrogens is 264 g/mol. The standard InChI is InChI=1S/C13H12N2O3S/c14-8-11-9-15(4-6-18-11)13(17)12-10(2-1-5-16)3-7-19-12/h3,7,11,16H,4-6,9H2. The molecule has 0 spiro atoms. The molecule has 1 aromatic heterocycles. The van der Waals surface area contributed by atoms with Crippen molar-refractivity contribution in [2.45, 2.75) is 6.10 Å². The summed E-state index contributed by atoms with van der Waals surface area (Å²) < 4.78 is 5.21. The number of aliphatic hydroxyl groups is 1. The average Bonchev–Trinajstić information content (AvgIpc) is 2.92. The fourth-order valence-corrected chi connectivity index (χ4v) is 2.58. The Morgan fingerprint density at radius 2 is 2.53 bits per heavy atom. The maximum Gasteiger partial charge on any atom is 0.265 e. The quantitative estimate of drug-likeness (QED) is 0.756. The molecule has 0 saturated carbocycles. The van der Waals surface area contributed by atoms with Gasteiger partial charge in [-0.1, -0.05) is 11.8 Å². The second kappa shape index (κ2) is 6.35. The number of carbonyl (C=O) groups is 1. The molecule has 5 nitrogen and oxygen atoms in total. The second-order valence-electron chi connectivity index (χ2n) is 3.86. The van der Waals surface area contributed by atoms with Crippen LogP contribution in [0, 0.1) is 23.2 Å². The lowest BCUT2D eigenvalue weighted by molar-refractivity contribution is 0.00368. The van der Waals surface area contributed by atoms with Crippen molar-refractivity contribution in [2.75, 3.05) is 26.3 Å². The number of carbonyl (C=O) groups excluding carboxylic acids is 1. The number of aliphatic hydroxyl groups excluding tert-OH is 1. The monoisotopic (exact) mass is 276 g/mol. The smallest absolute Gasteiger partial charge is 0.265 e. The fourth-order valence-electron chi connectivity index (χ4n) is 1.76. The van der Waals surface area contributed by atoms with Gasteiger partial charge < -0.3 is 14.7 Å². The zero-order chi connectivity index (χ0) is 13.7. The lowest BCUT2D eigenvalue weighted by atomic mass is 10.2. The van der Waals surface area contributed by atoms with Gasteiger partial charge in [0.1, 0.15) is 11.5 Å². The first-order chi connectivity index (χ1) is 9.26. The number of morpholine rings is 1. The van der Waals surface area contributed by atoms with Crippen molar-refractivity contribution in [3.05, 3.63) is 21.9 Å². The summed E-state index contributed by atoms with van der Waals surface area (Å²) in [5.74, 6) is 5.15. The maximum atomic E-state index is 12.3. The Morgan fingerprint density at radius 1 is 1.68 bits per heavy atom. The van der Waals surface area contributed by atoms with Crippen LogP contribution in [0.5, 0.6) is 0 Å². The molecule has 0 bridgehead atoms. The molecule has 1 aromatic rings. The van der Waals surface area contributed by atoms with Gasteiger partial charge in [-0.15, -0.1) is 11.3 Å². The van der Waals surface area contributed by atoms with Crippen LogP contribution in [0.15, 0.2) is 11.4 Å². The molecular formula is C13H12N2O3S. The highest BCUT2D eigenvalue weighted by Crippen LogP contribution is 2.19. The Morgan fingerprint density at radius 3 is 3.26 bits per heavy atom. The van der Waals surface area contributed by atoms with Crippen LogP contribution in [0.2, 0.25) is 0 Å². The van der Waals surface area contributed by atoms with Crippen molar-refractivity contribution in [3.63, 3.8) is 0 Å². The van der Waals surface area contributed by atoms with Crippen molar-refractivity contribution in [1.82, 2.24) is 4.90 Å². The average molecular weight is 276 g/mol. The molecule has 19 heavy (non-hydrogen) atoms. The molecule has 2 heterocycles. The van der Waals surface area contributed by atoms with Gasteiger partial charge in [-0.3, -0.25) is 4.79 Å². The van der Waals surface area contributed by atoms with Crippen LogP contribution in [0.25, 0.3) is 0 Å². The first-order valence-electron chi connectivity index (χ1n) is 5.74. The SMILES string of the molecule is N#CC1CN(C(=O)c2sccc2C#CCO)CCO1. The molecule has 1 amide bonds. The van der Waals surface area contributed by atoms with Crippen molar-refractivity contribution >= 4 is 17.2 Å². The van der Waals surface area contributed by atoms with Crippen LogP contribution >= 0.6 is 11.3 Å². The van der Waals surface area contributed by atoms with E-state index in [2.05, 4.69) is 11.8 Å². The molecule has 0 aromatic carbocycles. The zero-order valence-corrected chi connectivity index (χ0v) is 10.9. The highest BCUT2D eigenvalue weighted by atomic mass is 32.1. The summed E-state index contributed by atoms with van der Waals surface area (Å²) in [4.78, 5) is 14.5. The van der Waals surface area contributed by atoms with Gasteiger partial charge in [-0.05, 0) is 11.4 Å². The highest BCUT2D eigenvalue weighted by molar-refractivity contribution is 7.12. The number of ether oxygens (including phenoxy) is 1. The van der Waals surface area contributed by atoms with Crippen LogP contribution in [0.4, 0.5) is 0 Å². The summed E-state index contributed by atoms with van der Waals surface area (Å²) in [6.07, 6.45) is -0.565. The Kier molecular flexibility index (Phi) is 4.53. The topological polar surface area (TPSA) is 73.6 Å². The largest absolute Gasteiger partial charge is 0.384 e. The van der Waals surface area contributed by atoms with Gasteiger partial charge in [0, 0.05) is 12.1 Å². The normalized spacial score (nSPS) is 18.3. The van der Waals surface area contributed by atoms with E-state index in [1.54, 1.807) is 16.3 Å². The van der Waals surface area contributed by atoms with Gasteiger partial charge in [0.2, 0.25) is 0 Å². The predicted molar refractivity (Wildman–Crippen MR) is 69.5 cm³/mol. The second-order valence-corrected chi connectivity index (χ2v) is 4.78. The van der Waals surface area contributed by atoms with E-state index in [0.29, 0.717) is 23.6 Å². The number of rotatable bonds is 1. The van der Waals surface area contributed by atoms with E-state index in [1.807, 2.05) is 6.07 Å². The Balaban J connectivity index is 2.16. The number of amides is 1. The summed E-state index contributed by atoms with van der Waals surface area (Å²) in [5.41, 5.74) is 0.615. The third-order valence-electron chi connectivity index (χ3n) is 2.66. The van der Waals surface area contributed by atoms with Crippen LogP contribution in [-0.4, -0.2) is 48.3 Å². The van der Waals surface area contributed by atoms with Crippen LogP contribution < -0.4 is 0 Å². The van der Waals surface area contributed by atoms with E-state index < -0.39 is 6.10 Å². The first kappa shape index (κ1) is 13.6. The van der Waals surface area contributed by atoms with Gasteiger partial charge in [-0.2, -0.15) is 5.26 Å². The van der Waals surface area contributed by atoms with E-state index in [0.717, 1.165) is 0 Å². The van der Waals surface area contributed by atoms with Crippen LogP contribution in [0.1, 0.15) is 15.2 Å². The highest BCUT2D eigenvalue weighted by Gasteiger charge is 2.26. The molecule has 1 saturated heterocycles. The Hall–Kier alpha value is -1.86. The van der Waals surface area contributed by atoms with Crippen molar-refractivity contribution in [3.8, 4) is 17.9 Å². The summed E-state index contributed by atoms with van der Waals surface area (Å²) in [5, 5.41) is 19.3. The van der Waals surface area contributed by atoms with E-state index >= 15 is 0 Å². The van der Waals surface area contributed by atoms with E-state index in [4.69, 9.17) is 15.1 Å². The Labute approximate surface area is 115 Å². The van der Waals surface area contributed by atoms with Crippen molar-refractivity contribution in [1.29, 1.82) is 5.26 Å². The van der Waals surface area contributed by atoms with E-state index in [-0.39, 0.29) is 19.1 Å². The Bertz CT molecular complexity index is 564. The van der Waals surface area contributed by atoms with Gasteiger partial charge in [0.25, 0.3) is 5.91 Å². The minimum Gasteiger partial charge on any atom is -0.384 e. The first-order valence-corrected chi connectivity index (χ1v) is 6.62. The van der Waals surface area contributed by atoms with E-state index in [1.165, 1.54) is 11.3 Å². The molecule has 0 radical (unpaired) electrons. The van der Waals surface area contributed by atoms with Gasteiger partial charge in [0.15, 0.2) is 6.10 Å². The maximum absolute atomic E-state index is 12.3. The molecule has 1 aliphatic rings. The summed E-state index contributed by atoms with van der Waals surface area (Å²) in [6, 6.07) is 3.76. The summed E-state index contributed by atoms with van der Waals surface area (Å²) in [7, 11) is 0. The number of hydrogen-bond acceptors (Lipinski definition) is 5. The van der Waals surface area contributed by atoms with Gasteiger partial charge in [-0.25, -0.2) is 0 Å². The lowest BCUT2D eigenvalue weighted by Crippen LogP contribution is -2.45. The third kappa shape index (κ3) is 3.12. The van der Waals surface area contributed by atoms with Crippen LogP contribution in [0.3, 0.4) is 0 Å². The predicted octanol–water partition coefficient (Wildman–Crippen LogP) is 0.456. The number of hydrogen-bond donors (Lipinski definition) is 1. The molecule has 1 N–H and O–H groups in total. The van der Waals surface area contributed by atoms with Crippen molar-refractivity contribution in [2.24, 2.45) is 0 Å². The number of nitrogens with zero attached hydrogens (tertiary/aromatic N) is 2. The van der Waals surface area contributed by atoms with Gasteiger partial charge >= 0.3 is 0 Å². The molecule has 6 heteroatoms. The zero-order valence-electron chi connectivity index (χ0n) is 10.1. The number of nitriles is 1. The number of thiophene rings is 1. The van der Waals surface area contributed by atoms with E-state index in [9.17, 15) is 4.79 Å². The summed E-state index contributed by atoms with van der Waals surface area (Å²) in [6.45, 7) is 0.881. The minimum atomic E-state index is -0.565. The van der Waals surface area contributed by atoms with Gasteiger partial charge in [0.05, 0.1) is 19.2 Å². The fraction of sp³-hybridized carbons (Fsp3) is 0.385. The summed E-state index contributed by atoms with van der Waals surface area (Å²) >= 11 is 1.31.